The second-order valence-corrected chi connectivity index (χ2v) is 22.1. The number of amides is 7. The Morgan fingerprint density at radius 3 is 2.42 bits per heavy atom. The maximum absolute atomic E-state index is 13.6. The Kier molecular flexibility index (Phi) is 17.4. The van der Waals surface area contributed by atoms with Gasteiger partial charge in [-0.2, -0.15) is 0 Å². The van der Waals surface area contributed by atoms with Crippen LogP contribution in [0.5, 0.6) is 0 Å². The van der Waals surface area contributed by atoms with E-state index in [1.165, 1.54) is 36.4 Å². The number of nitrogens with zero attached hydrogens (tertiary/aromatic N) is 4. The van der Waals surface area contributed by atoms with Gasteiger partial charge in [0.25, 0.3) is 0 Å². The van der Waals surface area contributed by atoms with Crippen LogP contribution in [0.4, 0.5) is 0 Å². The van der Waals surface area contributed by atoms with Crippen molar-refractivity contribution >= 4 is 63.1 Å². The van der Waals surface area contributed by atoms with Gasteiger partial charge in [-0.1, -0.05) is 25.2 Å². The van der Waals surface area contributed by atoms with Crippen molar-refractivity contribution in [1.29, 1.82) is 0 Å². The average molecular weight is 945 g/mol. The summed E-state index contributed by atoms with van der Waals surface area (Å²) < 4.78 is 31.3. The van der Waals surface area contributed by atoms with Crippen LogP contribution in [0, 0.1) is 41.4 Å². The first-order valence-corrected chi connectivity index (χ1v) is 26.8. The van der Waals surface area contributed by atoms with Gasteiger partial charge in [-0.05, 0) is 76.7 Å². The number of piperidine rings is 1. The van der Waals surface area contributed by atoms with Crippen LogP contribution < -0.4 is 21.3 Å². The summed E-state index contributed by atoms with van der Waals surface area (Å²) in [5.74, 6) is 4.59. The second-order valence-electron chi connectivity index (χ2n) is 18.9. The number of unbranched alkanes of at least 4 members (excludes halogenated alkanes) is 1. The molecule has 20 heteroatoms. The zero-order valence-electron chi connectivity index (χ0n) is 37.8. The van der Waals surface area contributed by atoms with Crippen LogP contribution >= 0.6 is 11.8 Å². The van der Waals surface area contributed by atoms with Gasteiger partial charge in [-0.25, -0.2) is 12.7 Å². The van der Waals surface area contributed by atoms with E-state index in [1.54, 1.807) is 11.8 Å². The van der Waals surface area contributed by atoms with E-state index in [0.29, 0.717) is 70.2 Å². The van der Waals surface area contributed by atoms with Crippen LogP contribution in [0.1, 0.15) is 103 Å². The number of nitrogens with one attached hydrogen (secondary N) is 4. The smallest absolute Gasteiger partial charge is 0.249 e. The van der Waals surface area contributed by atoms with Crippen molar-refractivity contribution in [3.63, 3.8) is 0 Å². The Morgan fingerprint density at radius 1 is 0.908 bits per heavy atom. The molecule has 65 heavy (non-hydrogen) atoms. The second kappa shape index (κ2) is 22.9. The van der Waals surface area contributed by atoms with Gasteiger partial charge in [0.1, 0.15) is 17.6 Å². The number of hydrogen-bond acceptors (Lipinski definition) is 13. The molecule has 2 saturated carbocycles. The lowest BCUT2D eigenvalue weighted by molar-refractivity contribution is -0.151. The Balaban J connectivity index is 0.766. The maximum atomic E-state index is 13.6. The molecule has 0 aromatic rings. The van der Waals surface area contributed by atoms with E-state index in [2.05, 4.69) is 38.0 Å². The molecule has 7 rings (SSSR count). The van der Waals surface area contributed by atoms with Crippen LogP contribution in [-0.2, 0) is 48.3 Å². The molecule has 7 fully saturated rings. The molecule has 7 aliphatic rings. The number of carbonyl (C=O) groups excluding carboxylic acids is 7. The lowest BCUT2D eigenvalue weighted by Crippen LogP contribution is -2.54. The molecular formula is C45H68N8O10S2. The molecule has 18 nitrogen and oxygen atoms in total. The predicted molar refractivity (Wildman–Crippen MR) is 241 cm³/mol. The lowest BCUT2D eigenvalue weighted by Gasteiger charge is -2.34. The predicted octanol–water partition coefficient (Wildman–Crippen LogP) is 0.759. The van der Waals surface area contributed by atoms with Crippen molar-refractivity contribution in [2.75, 3.05) is 71.0 Å². The van der Waals surface area contributed by atoms with Crippen LogP contribution in [-0.4, -0.2) is 163 Å². The fraction of sp³-hybridized carbons (Fsp3) is 0.800. The summed E-state index contributed by atoms with van der Waals surface area (Å²) in [5.41, 5.74) is -0.253. The fourth-order valence-corrected chi connectivity index (χ4v) is 12.7. The van der Waals surface area contributed by atoms with Crippen molar-refractivity contribution in [3.05, 3.63) is 0 Å². The molecule has 7 amide bonds. The number of carbonyl (C=O) groups is 7. The molecule has 0 bridgehead atoms. The van der Waals surface area contributed by atoms with E-state index in [1.807, 2.05) is 4.90 Å². The molecule has 360 valence electrons. The summed E-state index contributed by atoms with van der Waals surface area (Å²) >= 11 is 1.67. The molecule has 7 unspecified atom stereocenters. The summed E-state index contributed by atoms with van der Waals surface area (Å²) in [5, 5.41) is 11.8. The van der Waals surface area contributed by atoms with Gasteiger partial charge >= 0.3 is 0 Å². The summed E-state index contributed by atoms with van der Waals surface area (Å²) in [6, 6.07) is -1.42. The molecular weight excluding hydrogens is 877 g/mol. The molecule has 0 aromatic heterocycles. The normalized spacial score (nSPS) is 29.8. The molecule has 5 aliphatic heterocycles. The molecule has 5 saturated heterocycles. The molecule has 8 atom stereocenters. The highest BCUT2D eigenvalue weighted by Crippen LogP contribution is 2.42. The van der Waals surface area contributed by atoms with E-state index in [9.17, 15) is 42.0 Å². The zero-order chi connectivity index (χ0) is 46.1. The summed E-state index contributed by atoms with van der Waals surface area (Å²) in [6.07, 6.45) is 12.4. The van der Waals surface area contributed by atoms with Crippen LogP contribution in [0.2, 0.25) is 0 Å². The summed E-state index contributed by atoms with van der Waals surface area (Å²) in [7, 11) is -3.42. The Morgan fingerprint density at radius 2 is 1.68 bits per heavy atom. The molecule has 0 aromatic carbocycles. The number of rotatable bonds is 17. The van der Waals surface area contributed by atoms with Gasteiger partial charge in [0.05, 0.1) is 24.0 Å². The number of likely N-dealkylation sites (tertiary alicyclic amines) is 1. The highest BCUT2D eigenvalue weighted by atomic mass is 32.2. The Labute approximate surface area is 387 Å². The first-order chi connectivity index (χ1) is 31.2. The maximum Gasteiger partial charge on any atom is 0.249 e. The van der Waals surface area contributed by atoms with Crippen molar-refractivity contribution in [1.82, 2.24) is 40.3 Å². The Bertz CT molecular complexity index is 1950. The van der Waals surface area contributed by atoms with Gasteiger partial charge in [-0.15, -0.1) is 17.7 Å². The topological polar surface area (TPSA) is 224 Å². The van der Waals surface area contributed by atoms with Crippen molar-refractivity contribution < 1.29 is 46.7 Å². The van der Waals surface area contributed by atoms with Crippen LogP contribution in [0.15, 0.2) is 0 Å². The third-order valence-corrected chi connectivity index (χ3v) is 16.9. The number of hydrogen-bond donors (Lipinski definition) is 4. The minimum atomic E-state index is -3.42. The minimum Gasteiger partial charge on any atom is -0.381 e. The number of thioether (sulfide) groups is 1. The molecule has 2 aliphatic carbocycles. The van der Waals surface area contributed by atoms with Crippen molar-refractivity contribution in [2.45, 2.75) is 126 Å². The van der Waals surface area contributed by atoms with Gasteiger partial charge in [0.15, 0.2) is 0 Å². The van der Waals surface area contributed by atoms with Crippen molar-refractivity contribution in [3.8, 4) is 11.8 Å². The van der Waals surface area contributed by atoms with E-state index in [-0.39, 0.29) is 85.8 Å². The monoisotopic (exact) mass is 944 g/mol. The fourth-order valence-electron chi connectivity index (χ4n) is 10.6. The average Bonchev–Trinajstić information content (AvgIpc) is 4.04. The first-order valence-electron chi connectivity index (χ1n) is 24.0. The molecule has 4 N–H and O–H groups in total. The number of piperazine rings is 1. The summed E-state index contributed by atoms with van der Waals surface area (Å²) in [6.45, 7) is 4.62. The Hall–Kier alpha value is -3.61. The summed E-state index contributed by atoms with van der Waals surface area (Å²) in [4.78, 5) is 95.6. The van der Waals surface area contributed by atoms with Crippen LogP contribution in [0.3, 0.4) is 0 Å². The third kappa shape index (κ3) is 13.1. The largest absolute Gasteiger partial charge is 0.381 e. The lowest BCUT2D eigenvalue weighted by atomic mass is 9.75. The molecule has 0 radical (unpaired) electrons. The first kappa shape index (κ1) is 49.3. The van der Waals surface area contributed by atoms with Crippen LogP contribution in [0.25, 0.3) is 0 Å². The number of sulfonamides is 1. The standard InChI is InChI=1S/C45H68N8O10S2/c1-65(61,62)52-20-17-32(28-52)40(56)46-35(41(57)49-45-47-36(29-64-45)31-10-5-2-6-11-31)18-26-63-25-8-12-39(55)51-23-21-50(22-24-51)19-7-3-4-9-30-13-14-33-34(27-30)44(60)53(43(33)59)37-15-16-38(54)48-42(37)58/h30-37,45,47H,2-3,5-8,10-29H2,1H3,(H,46,56)(H,49,57)(H,48,54,58)/t30?,32?,33?,34?,35-,36?,37?,45?/m0/s1. The zero-order valence-corrected chi connectivity index (χ0v) is 39.4. The SMILES string of the molecule is CS(=O)(=O)N1CCC(C(=O)N[C@@H](CCOCCCC(=O)N2CCN(CCCC#CC3CCC4C(=O)N(C5CCC(=O)NC5=O)C(=O)C4C3)CC2)C(=O)NC2NC(C3CCCCC3)CS2)C1. The third-order valence-electron chi connectivity index (χ3n) is 14.4. The quantitative estimate of drug-likeness (QED) is 0.0900. The van der Waals surface area contributed by atoms with E-state index in [4.69, 9.17) is 4.74 Å². The van der Waals surface area contributed by atoms with Gasteiger partial charge in [0.2, 0.25) is 51.4 Å². The van der Waals surface area contributed by atoms with E-state index in [0.717, 1.165) is 49.4 Å². The van der Waals surface area contributed by atoms with Gasteiger partial charge in [0, 0.05) is 89.5 Å². The number of ether oxygens (including phenoxy) is 1. The van der Waals surface area contributed by atoms with E-state index >= 15 is 0 Å². The van der Waals surface area contributed by atoms with Gasteiger partial charge in [-0.3, -0.25) is 54.0 Å². The number of fused-ring (bicyclic) bond motifs is 1. The highest BCUT2D eigenvalue weighted by molar-refractivity contribution is 8.00. The highest BCUT2D eigenvalue weighted by Gasteiger charge is 2.54. The number of imide groups is 2. The molecule has 5 heterocycles. The minimum absolute atomic E-state index is 0.0170. The van der Waals surface area contributed by atoms with E-state index < -0.39 is 45.8 Å². The van der Waals surface area contributed by atoms with Crippen molar-refractivity contribution in [2.24, 2.45) is 29.6 Å². The van der Waals surface area contributed by atoms with Gasteiger partial charge < -0.3 is 20.3 Å². The molecule has 0 spiro atoms.